The predicted octanol–water partition coefficient (Wildman–Crippen LogP) is 4.90. The van der Waals surface area contributed by atoms with Crippen molar-refractivity contribution in [1.29, 1.82) is 0 Å². The van der Waals surface area contributed by atoms with Gasteiger partial charge >= 0.3 is 0 Å². The Labute approximate surface area is 188 Å². The fourth-order valence-corrected chi connectivity index (χ4v) is 4.14. The van der Waals surface area contributed by atoms with Crippen molar-refractivity contribution in [3.63, 3.8) is 0 Å². The van der Waals surface area contributed by atoms with Gasteiger partial charge < -0.3 is 16.0 Å². The Kier molecular flexibility index (Phi) is 5.19. The third-order valence-electron chi connectivity index (χ3n) is 6.53. The maximum Gasteiger partial charge on any atom is 0.255 e. The minimum absolute atomic E-state index is 0.0547. The van der Waals surface area contributed by atoms with Crippen LogP contribution in [-0.2, 0) is 0 Å². The lowest BCUT2D eigenvalue weighted by atomic mass is 9.66. The number of amides is 1. The average Bonchev–Trinajstić information content (AvgIpc) is 3.53. The molecular weight excluding hydrogens is 400 g/mol. The quantitative estimate of drug-likeness (QED) is 0.515. The maximum atomic E-state index is 13.0. The Morgan fingerprint density at radius 3 is 2.59 bits per heavy atom. The maximum absolute atomic E-state index is 13.0. The largest absolute Gasteiger partial charge is 0.382 e. The van der Waals surface area contributed by atoms with Crippen LogP contribution in [0.2, 0.25) is 0 Å². The number of hydrogen-bond donors (Lipinski definition) is 3. The molecule has 0 aliphatic heterocycles. The number of rotatable bonds is 6. The Hall–Kier alpha value is -3.22. The number of fused-ring (bicyclic) bond motifs is 1. The van der Waals surface area contributed by atoms with Crippen LogP contribution in [0.4, 0.5) is 17.3 Å². The minimum atomic E-state index is -0.0547. The molecule has 2 aliphatic rings. The van der Waals surface area contributed by atoms with E-state index in [0.717, 1.165) is 42.3 Å². The zero-order chi connectivity index (χ0) is 22.3. The molecule has 1 amide bonds. The number of carbonyl (C=O) groups is 1. The van der Waals surface area contributed by atoms with E-state index in [1.165, 1.54) is 0 Å². The lowest BCUT2D eigenvalue weighted by molar-refractivity contribution is 0.0746. The number of anilines is 3. The summed E-state index contributed by atoms with van der Waals surface area (Å²) in [5, 5.41) is 10.9. The molecule has 2 aliphatic carbocycles. The molecule has 3 heterocycles. The van der Waals surface area contributed by atoms with Crippen LogP contribution in [0.25, 0.3) is 10.9 Å². The molecule has 0 atom stereocenters. The molecule has 0 saturated heterocycles. The van der Waals surface area contributed by atoms with E-state index in [4.69, 9.17) is 0 Å². The summed E-state index contributed by atoms with van der Waals surface area (Å²) < 4.78 is 0. The van der Waals surface area contributed by atoms with E-state index in [-0.39, 0.29) is 11.9 Å². The fraction of sp³-hybridized carbons (Fsp3) is 0.440. The monoisotopic (exact) mass is 430 g/mol. The summed E-state index contributed by atoms with van der Waals surface area (Å²) in [6, 6.07) is 8.34. The number of carbonyl (C=O) groups excluding carboxylic acids is 1. The highest BCUT2D eigenvalue weighted by Crippen LogP contribution is 2.41. The molecule has 3 N–H and O–H groups in total. The van der Waals surface area contributed by atoms with E-state index in [1.807, 2.05) is 24.3 Å². The van der Waals surface area contributed by atoms with Crippen LogP contribution in [0.5, 0.6) is 0 Å². The van der Waals surface area contributed by atoms with E-state index in [1.54, 1.807) is 18.6 Å². The van der Waals surface area contributed by atoms with Crippen molar-refractivity contribution in [3.8, 4) is 0 Å². The van der Waals surface area contributed by atoms with Crippen LogP contribution < -0.4 is 16.0 Å². The van der Waals surface area contributed by atoms with Gasteiger partial charge in [0.1, 0.15) is 11.6 Å². The standard InChI is InChI=1S/C25H30N6O/c1-25(2,3)16-10-18(11-16)29-24(32)19-14-27-23(12-21(19)28-17-5-6-17)31-22-7-4-15-13-26-9-8-20(15)30-22/h4,7-9,12-14,16-18H,5-6,10-11H2,1-3H3,(H,29,32)(H2,27,28,30,31)/t16-,18-. The van der Waals surface area contributed by atoms with Crippen molar-refractivity contribution < 1.29 is 4.79 Å². The van der Waals surface area contributed by atoms with Gasteiger partial charge in [-0.2, -0.15) is 0 Å². The number of nitrogens with zero attached hydrogens (tertiary/aromatic N) is 3. The summed E-state index contributed by atoms with van der Waals surface area (Å²) in [5.74, 6) is 1.96. The molecule has 2 saturated carbocycles. The first-order valence-corrected chi connectivity index (χ1v) is 11.4. The van der Waals surface area contributed by atoms with Crippen LogP contribution in [0.3, 0.4) is 0 Å². The normalized spacial score (nSPS) is 20.5. The van der Waals surface area contributed by atoms with Crippen molar-refractivity contribution in [2.24, 2.45) is 11.3 Å². The van der Waals surface area contributed by atoms with Crippen LogP contribution in [0.15, 0.2) is 42.9 Å². The highest BCUT2D eigenvalue weighted by Gasteiger charge is 2.38. The van der Waals surface area contributed by atoms with Gasteiger partial charge in [0.25, 0.3) is 5.91 Å². The molecule has 0 bridgehead atoms. The van der Waals surface area contributed by atoms with Crippen LogP contribution in [0, 0.1) is 11.3 Å². The molecule has 2 fully saturated rings. The molecule has 166 valence electrons. The van der Waals surface area contributed by atoms with Crippen LogP contribution in [-0.4, -0.2) is 32.9 Å². The van der Waals surface area contributed by atoms with Gasteiger partial charge in [-0.05, 0) is 55.2 Å². The highest BCUT2D eigenvalue weighted by molar-refractivity contribution is 6.00. The number of pyridine rings is 3. The summed E-state index contributed by atoms with van der Waals surface area (Å²) in [5.41, 5.74) is 2.58. The van der Waals surface area contributed by atoms with Crippen molar-refractivity contribution in [2.75, 3.05) is 10.6 Å². The summed E-state index contributed by atoms with van der Waals surface area (Å²) in [7, 11) is 0. The lowest BCUT2D eigenvalue weighted by Gasteiger charge is -2.44. The van der Waals surface area contributed by atoms with Crippen molar-refractivity contribution in [1.82, 2.24) is 20.3 Å². The molecule has 32 heavy (non-hydrogen) atoms. The molecule has 0 aromatic carbocycles. The van der Waals surface area contributed by atoms with E-state index < -0.39 is 0 Å². The molecule has 3 aromatic heterocycles. The topological polar surface area (TPSA) is 91.8 Å². The smallest absolute Gasteiger partial charge is 0.255 e. The molecule has 0 radical (unpaired) electrons. The van der Waals surface area contributed by atoms with Gasteiger partial charge in [-0.25, -0.2) is 9.97 Å². The molecular formula is C25H30N6O. The molecule has 0 spiro atoms. The molecule has 3 aromatic rings. The van der Waals surface area contributed by atoms with Gasteiger partial charge in [0.05, 0.1) is 16.8 Å². The molecule has 0 unspecified atom stereocenters. The van der Waals surface area contributed by atoms with Crippen molar-refractivity contribution in [2.45, 2.75) is 58.5 Å². The molecule has 7 nitrogen and oxygen atoms in total. The first-order chi connectivity index (χ1) is 15.3. The second-order valence-corrected chi connectivity index (χ2v) is 10.1. The average molecular weight is 431 g/mol. The van der Waals surface area contributed by atoms with Crippen LogP contribution in [0.1, 0.15) is 56.8 Å². The first-order valence-electron chi connectivity index (χ1n) is 11.4. The summed E-state index contributed by atoms with van der Waals surface area (Å²) >= 11 is 0. The van der Waals surface area contributed by atoms with E-state index in [2.05, 4.69) is 51.7 Å². The zero-order valence-electron chi connectivity index (χ0n) is 18.9. The predicted molar refractivity (Wildman–Crippen MR) is 127 cm³/mol. The van der Waals surface area contributed by atoms with Gasteiger partial charge in [0.15, 0.2) is 0 Å². The van der Waals surface area contributed by atoms with E-state index >= 15 is 0 Å². The van der Waals surface area contributed by atoms with Gasteiger partial charge in [-0.15, -0.1) is 0 Å². The first kappa shape index (κ1) is 20.7. The Morgan fingerprint density at radius 2 is 1.84 bits per heavy atom. The third kappa shape index (κ3) is 4.52. The second-order valence-electron chi connectivity index (χ2n) is 10.1. The number of hydrogen-bond acceptors (Lipinski definition) is 6. The summed E-state index contributed by atoms with van der Waals surface area (Å²) in [4.78, 5) is 26.3. The SMILES string of the molecule is CC(C)(C)[C@H]1C[C@H](NC(=O)c2cnc(Nc3ccc4cnccc4n3)cc2NC2CC2)C1. The number of nitrogens with one attached hydrogen (secondary N) is 3. The lowest BCUT2D eigenvalue weighted by Crippen LogP contribution is -2.48. The Morgan fingerprint density at radius 1 is 1.03 bits per heavy atom. The number of aromatic nitrogens is 3. The van der Waals surface area contributed by atoms with Crippen molar-refractivity contribution >= 4 is 34.1 Å². The van der Waals surface area contributed by atoms with Crippen molar-refractivity contribution in [3.05, 3.63) is 48.4 Å². The summed E-state index contributed by atoms with van der Waals surface area (Å²) in [6.07, 6.45) is 9.51. The van der Waals surface area contributed by atoms with Crippen LogP contribution >= 0.6 is 0 Å². The van der Waals surface area contributed by atoms with Gasteiger partial charge in [0.2, 0.25) is 0 Å². The molecule has 5 rings (SSSR count). The Balaban J connectivity index is 1.31. The van der Waals surface area contributed by atoms with E-state index in [9.17, 15) is 4.79 Å². The summed E-state index contributed by atoms with van der Waals surface area (Å²) in [6.45, 7) is 6.80. The second kappa shape index (κ2) is 8.04. The Bertz CT molecular complexity index is 1140. The van der Waals surface area contributed by atoms with Gasteiger partial charge in [-0.1, -0.05) is 20.8 Å². The van der Waals surface area contributed by atoms with E-state index in [0.29, 0.717) is 34.6 Å². The van der Waals surface area contributed by atoms with Gasteiger partial charge in [-0.3, -0.25) is 9.78 Å². The minimum Gasteiger partial charge on any atom is -0.382 e. The third-order valence-corrected chi connectivity index (χ3v) is 6.53. The molecule has 7 heteroatoms. The highest BCUT2D eigenvalue weighted by atomic mass is 16.1. The van der Waals surface area contributed by atoms with Gasteiger partial charge in [0, 0.05) is 42.1 Å². The fourth-order valence-electron chi connectivity index (χ4n) is 4.14. The zero-order valence-corrected chi connectivity index (χ0v) is 18.9.